The monoisotopic (exact) mass is 266 g/mol. The van der Waals surface area contributed by atoms with Gasteiger partial charge >= 0.3 is 6.18 Å². The van der Waals surface area contributed by atoms with Crippen LogP contribution >= 0.6 is 0 Å². The smallest absolute Gasteiger partial charge is 0.356 e. The van der Waals surface area contributed by atoms with Gasteiger partial charge in [-0.15, -0.1) is 0 Å². The maximum absolute atomic E-state index is 11.9. The average Bonchev–Trinajstić information content (AvgIpc) is 2.26. The first-order valence-corrected chi connectivity index (χ1v) is 6.47. The number of halogens is 3. The van der Waals surface area contributed by atoms with Crippen molar-refractivity contribution in [1.82, 2.24) is 5.32 Å². The highest BCUT2D eigenvalue weighted by Crippen LogP contribution is 2.25. The number of rotatable bonds is 5. The maximum atomic E-state index is 11.9. The molecule has 0 heterocycles. The lowest BCUT2D eigenvalue weighted by atomic mass is 9.83. The summed E-state index contributed by atoms with van der Waals surface area (Å²) in [6.07, 6.45) is -0.653. The molecule has 1 aliphatic carbocycles. The molecular weight excluding hydrogens is 245 g/mol. The number of alkyl halides is 3. The Labute approximate surface area is 105 Å². The largest absolute Gasteiger partial charge is 0.389 e. The van der Waals surface area contributed by atoms with E-state index < -0.39 is 12.6 Å². The molecule has 6 heteroatoms. The molecule has 0 aromatic heterocycles. The lowest BCUT2D eigenvalue weighted by molar-refractivity contribution is -0.136. The van der Waals surface area contributed by atoms with Gasteiger partial charge in [0.25, 0.3) is 0 Å². The molecule has 0 aliphatic heterocycles. The average molecular weight is 266 g/mol. The second-order valence-corrected chi connectivity index (χ2v) is 4.98. The van der Waals surface area contributed by atoms with Crippen molar-refractivity contribution in [2.75, 3.05) is 6.54 Å². The quantitative estimate of drug-likeness (QED) is 0.750. The van der Waals surface area contributed by atoms with Crippen LogP contribution in [0.4, 0.5) is 13.2 Å². The first-order valence-electron chi connectivity index (χ1n) is 6.47. The van der Waals surface area contributed by atoms with E-state index in [1.54, 1.807) is 0 Å². The Morgan fingerprint density at radius 3 is 2.56 bits per heavy atom. The van der Waals surface area contributed by atoms with Gasteiger partial charge < -0.3 is 11.1 Å². The minimum Gasteiger partial charge on any atom is -0.356 e. The van der Waals surface area contributed by atoms with Crippen LogP contribution in [0.5, 0.6) is 0 Å². The lowest BCUT2D eigenvalue weighted by Gasteiger charge is -2.27. The number of nitrogens with one attached hydrogen (secondary N) is 1. The minimum atomic E-state index is -4.14. The van der Waals surface area contributed by atoms with Crippen LogP contribution in [0.2, 0.25) is 0 Å². The van der Waals surface area contributed by atoms with Crippen molar-refractivity contribution in [3.63, 3.8) is 0 Å². The van der Waals surface area contributed by atoms with Gasteiger partial charge in [-0.2, -0.15) is 13.2 Å². The molecule has 0 radical (unpaired) electrons. The van der Waals surface area contributed by atoms with Gasteiger partial charge in [-0.1, -0.05) is 12.8 Å². The van der Waals surface area contributed by atoms with Crippen LogP contribution < -0.4 is 11.1 Å². The van der Waals surface area contributed by atoms with Gasteiger partial charge in [0.05, 0.1) is 0 Å². The van der Waals surface area contributed by atoms with E-state index in [9.17, 15) is 18.0 Å². The summed E-state index contributed by atoms with van der Waals surface area (Å²) in [5, 5.41) is 2.53. The highest BCUT2D eigenvalue weighted by molar-refractivity contribution is 5.76. The molecule has 18 heavy (non-hydrogen) atoms. The number of carbonyl (C=O) groups excluding carboxylic acids is 1. The molecule has 2 atom stereocenters. The van der Waals surface area contributed by atoms with E-state index >= 15 is 0 Å². The van der Waals surface area contributed by atoms with E-state index in [1.807, 2.05) is 0 Å². The summed E-state index contributed by atoms with van der Waals surface area (Å²) < 4.78 is 35.6. The predicted molar refractivity (Wildman–Crippen MR) is 62.8 cm³/mol. The van der Waals surface area contributed by atoms with E-state index in [0.717, 1.165) is 25.7 Å². The van der Waals surface area contributed by atoms with Crippen molar-refractivity contribution < 1.29 is 18.0 Å². The summed E-state index contributed by atoms with van der Waals surface area (Å²) in [4.78, 5) is 11.5. The fraction of sp³-hybridized carbons (Fsp3) is 0.917. The maximum Gasteiger partial charge on any atom is 0.389 e. The molecule has 1 rings (SSSR count). The SMILES string of the molecule is NC1CCCCC1CC(=O)NCCCC(F)(F)F. The van der Waals surface area contributed by atoms with Crippen LogP contribution in [0.25, 0.3) is 0 Å². The van der Waals surface area contributed by atoms with Crippen molar-refractivity contribution in [3.8, 4) is 0 Å². The highest BCUT2D eigenvalue weighted by Gasteiger charge is 2.26. The molecule has 1 amide bonds. The zero-order valence-electron chi connectivity index (χ0n) is 10.4. The van der Waals surface area contributed by atoms with E-state index in [-0.39, 0.29) is 30.8 Å². The topological polar surface area (TPSA) is 55.1 Å². The third-order valence-corrected chi connectivity index (χ3v) is 3.37. The van der Waals surface area contributed by atoms with Gasteiger partial charge in [-0.25, -0.2) is 0 Å². The van der Waals surface area contributed by atoms with Crippen LogP contribution in [-0.2, 0) is 4.79 Å². The molecule has 0 spiro atoms. The van der Waals surface area contributed by atoms with E-state index in [1.165, 1.54) is 0 Å². The zero-order chi connectivity index (χ0) is 13.6. The molecule has 1 saturated carbocycles. The van der Waals surface area contributed by atoms with Crippen LogP contribution in [-0.4, -0.2) is 24.7 Å². The summed E-state index contributed by atoms with van der Waals surface area (Å²) >= 11 is 0. The van der Waals surface area contributed by atoms with Crippen molar-refractivity contribution in [2.45, 2.75) is 57.2 Å². The molecule has 0 saturated heterocycles. The van der Waals surface area contributed by atoms with E-state index in [4.69, 9.17) is 5.73 Å². The van der Waals surface area contributed by atoms with Gasteiger partial charge in [0, 0.05) is 25.4 Å². The van der Waals surface area contributed by atoms with Crippen molar-refractivity contribution >= 4 is 5.91 Å². The first-order chi connectivity index (χ1) is 8.38. The van der Waals surface area contributed by atoms with Gasteiger partial charge in [0.2, 0.25) is 5.91 Å². The van der Waals surface area contributed by atoms with Crippen LogP contribution in [0.15, 0.2) is 0 Å². The van der Waals surface area contributed by atoms with Crippen molar-refractivity contribution in [3.05, 3.63) is 0 Å². The van der Waals surface area contributed by atoms with Crippen molar-refractivity contribution in [2.24, 2.45) is 11.7 Å². The molecule has 106 valence electrons. The van der Waals surface area contributed by atoms with E-state index in [0.29, 0.717) is 6.42 Å². The second-order valence-electron chi connectivity index (χ2n) is 4.98. The lowest BCUT2D eigenvalue weighted by Crippen LogP contribution is -2.37. The molecule has 0 aromatic carbocycles. The summed E-state index contributed by atoms with van der Waals surface area (Å²) in [5.41, 5.74) is 5.91. The second kappa shape index (κ2) is 6.97. The highest BCUT2D eigenvalue weighted by atomic mass is 19.4. The number of hydrogen-bond acceptors (Lipinski definition) is 2. The molecular formula is C12H21F3N2O. The molecule has 3 N–H and O–H groups in total. The van der Waals surface area contributed by atoms with Crippen LogP contribution in [0, 0.1) is 5.92 Å². The zero-order valence-corrected chi connectivity index (χ0v) is 10.4. The molecule has 1 fully saturated rings. The number of nitrogens with two attached hydrogens (primary N) is 1. The summed E-state index contributed by atoms with van der Waals surface area (Å²) in [6.45, 7) is 0.0836. The number of carbonyl (C=O) groups is 1. The Morgan fingerprint density at radius 2 is 1.94 bits per heavy atom. The van der Waals surface area contributed by atoms with Crippen LogP contribution in [0.3, 0.4) is 0 Å². The predicted octanol–water partition coefficient (Wildman–Crippen LogP) is 2.35. The van der Waals surface area contributed by atoms with Gasteiger partial charge in [0.1, 0.15) is 0 Å². The summed E-state index contributed by atoms with van der Waals surface area (Å²) in [7, 11) is 0. The molecule has 2 unspecified atom stereocenters. The van der Waals surface area contributed by atoms with Gasteiger partial charge in [-0.05, 0) is 25.2 Å². The van der Waals surface area contributed by atoms with E-state index in [2.05, 4.69) is 5.32 Å². The Kier molecular flexibility index (Phi) is 5.91. The number of hydrogen-bond donors (Lipinski definition) is 2. The number of amides is 1. The molecule has 0 aromatic rings. The molecule has 1 aliphatic rings. The third-order valence-electron chi connectivity index (χ3n) is 3.37. The third kappa shape index (κ3) is 6.23. The Morgan fingerprint density at radius 1 is 1.28 bits per heavy atom. The minimum absolute atomic E-state index is 0.0553. The summed E-state index contributed by atoms with van der Waals surface area (Å²) in [6, 6.07) is 0.0553. The fourth-order valence-corrected chi connectivity index (χ4v) is 2.32. The van der Waals surface area contributed by atoms with Gasteiger partial charge in [-0.3, -0.25) is 4.79 Å². The Hall–Kier alpha value is -0.780. The Bertz CT molecular complexity index is 269. The van der Waals surface area contributed by atoms with Gasteiger partial charge in [0.15, 0.2) is 0 Å². The molecule has 0 bridgehead atoms. The van der Waals surface area contributed by atoms with Crippen LogP contribution in [0.1, 0.15) is 44.9 Å². The summed E-state index contributed by atoms with van der Waals surface area (Å²) in [5.74, 6) is 0.000825. The Balaban J connectivity index is 2.13. The standard InChI is InChI=1S/C12H21F3N2O/c13-12(14,15)6-3-7-17-11(18)8-9-4-1-2-5-10(9)16/h9-10H,1-8,16H2,(H,17,18). The molecule has 3 nitrogen and oxygen atoms in total. The van der Waals surface area contributed by atoms with Crippen molar-refractivity contribution in [1.29, 1.82) is 0 Å². The fourth-order valence-electron chi connectivity index (χ4n) is 2.32. The normalized spacial score (nSPS) is 24.9. The first kappa shape index (κ1) is 15.3.